The zero-order valence-electron chi connectivity index (χ0n) is 26.5. The topological polar surface area (TPSA) is 0 Å². The Kier molecular flexibility index (Phi) is 7.71. The standard InChI is InChI=1S/C40H52/c1-25(33-20-35(39(5,6)7)24-36(21-33)40(8,9)10)19-26(2)37-22-34(31-15-16-31)23-38(37)32-17-13-30(14-18-32)28(4)27(3)29-11-12-29/h13-14,17-18,20-24,26-27,29,31,38H,1,4,11-12,15-16,19H2,2-3,5-10H3/t26-,27?,38?/m1/s1. The molecule has 3 atom stereocenters. The molecule has 2 aromatic rings. The second-order valence-corrected chi connectivity index (χ2v) is 15.3. The van der Waals surface area contributed by atoms with Crippen LogP contribution in [0.3, 0.4) is 0 Å². The molecule has 3 aliphatic rings. The number of benzene rings is 2. The Balaban J connectivity index is 1.38. The molecule has 2 saturated carbocycles. The van der Waals surface area contributed by atoms with Crippen molar-refractivity contribution in [2.75, 3.05) is 0 Å². The van der Waals surface area contributed by atoms with Crippen molar-refractivity contribution in [2.45, 2.75) is 104 Å². The first-order chi connectivity index (χ1) is 18.7. The van der Waals surface area contributed by atoms with E-state index in [1.165, 1.54) is 64.6 Å². The van der Waals surface area contributed by atoms with Gasteiger partial charge in [0.15, 0.2) is 0 Å². The number of allylic oxidation sites excluding steroid dienone is 6. The molecule has 0 N–H and O–H groups in total. The van der Waals surface area contributed by atoms with E-state index in [1.807, 2.05) is 0 Å². The lowest BCUT2D eigenvalue weighted by atomic mass is 9.77. The average molecular weight is 533 g/mol. The monoisotopic (exact) mass is 532 g/mol. The Morgan fingerprint density at radius 2 is 1.38 bits per heavy atom. The molecule has 5 rings (SSSR count). The third-order valence-electron chi connectivity index (χ3n) is 9.81. The van der Waals surface area contributed by atoms with E-state index in [-0.39, 0.29) is 10.8 Å². The first-order valence-corrected chi connectivity index (χ1v) is 15.8. The summed E-state index contributed by atoms with van der Waals surface area (Å²) >= 11 is 0. The summed E-state index contributed by atoms with van der Waals surface area (Å²) in [5.41, 5.74) is 12.7. The molecule has 0 nitrogen and oxygen atoms in total. The smallest absolute Gasteiger partial charge is 0.0240 e. The van der Waals surface area contributed by atoms with Gasteiger partial charge in [0.1, 0.15) is 0 Å². The summed E-state index contributed by atoms with van der Waals surface area (Å²) in [5, 5.41) is 0. The van der Waals surface area contributed by atoms with Gasteiger partial charge in [-0.05, 0) is 111 Å². The van der Waals surface area contributed by atoms with Crippen LogP contribution < -0.4 is 0 Å². The average Bonchev–Trinajstić information content (AvgIpc) is 3.84. The minimum Gasteiger partial charge on any atom is -0.0952 e. The predicted octanol–water partition coefficient (Wildman–Crippen LogP) is 11.4. The quantitative estimate of drug-likeness (QED) is 0.301. The van der Waals surface area contributed by atoms with Crippen LogP contribution in [-0.4, -0.2) is 0 Å². The van der Waals surface area contributed by atoms with Crippen LogP contribution in [0, 0.1) is 23.7 Å². The van der Waals surface area contributed by atoms with Gasteiger partial charge in [-0.15, -0.1) is 0 Å². The fraction of sp³-hybridized carbons (Fsp3) is 0.500. The second kappa shape index (κ2) is 10.7. The van der Waals surface area contributed by atoms with Gasteiger partial charge in [-0.1, -0.05) is 129 Å². The van der Waals surface area contributed by atoms with E-state index in [0.717, 1.165) is 18.3 Å². The molecule has 0 saturated heterocycles. The van der Waals surface area contributed by atoms with Crippen LogP contribution in [0.1, 0.15) is 121 Å². The fourth-order valence-electron chi connectivity index (χ4n) is 6.38. The van der Waals surface area contributed by atoms with Gasteiger partial charge in [0, 0.05) is 5.92 Å². The van der Waals surface area contributed by atoms with Crippen LogP contribution in [0.15, 0.2) is 78.9 Å². The molecular formula is C40H52. The SMILES string of the molecule is C=C(C[C@@H](C)C1=CC(C2CC2)=CC1c1ccc(C(=C)C(C)C2CC2)cc1)c1cc(C(C)(C)C)cc(C(C)(C)C)c1. The van der Waals surface area contributed by atoms with Crippen molar-refractivity contribution in [2.24, 2.45) is 23.7 Å². The maximum Gasteiger partial charge on any atom is 0.0240 e. The molecule has 0 amide bonds. The minimum atomic E-state index is 0.109. The maximum absolute atomic E-state index is 4.66. The molecule has 0 aliphatic heterocycles. The molecule has 0 spiro atoms. The van der Waals surface area contributed by atoms with E-state index in [4.69, 9.17) is 0 Å². The van der Waals surface area contributed by atoms with Crippen molar-refractivity contribution in [1.29, 1.82) is 0 Å². The molecule has 0 radical (unpaired) electrons. The van der Waals surface area contributed by atoms with Gasteiger partial charge < -0.3 is 0 Å². The number of hydrogen-bond acceptors (Lipinski definition) is 0. The molecule has 40 heavy (non-hydrogen) atoms. The van der Waals surface area contributed by atoms with Crippen molar-refractivity contribution in [3.05, 3.63) is 107 Å². The Hall–Kier alpha value is -2.60. The maximum atomic E-state index is 4.66. The van der Waals surface area contributed by atoms with Gasteiger partial charge in [0.25, 0.3) is 0 Å². The summed E-state index contributed by atoms with van der Waals surface area (Å²) < 4.78 is 0. The first kappa shape index (κ1) is 28.9. The molecular weight excluding hydrogens is 480 g/mol. The third-order valence-corrected chi connectivity index (χ3v) is 9.81. The molecule has 3 aliphatic carbocycles. The van der Waals surface area contributed by atoms with Crippen LogP contribution in [0.2, 0.25) is 0 Å². The third kappa shape index (κ3) is 6.32. The van der Waals surface area contributed by atoms with Crippen molar-refractivity contribution in [3.63, 3.8) is 0 Å². The first-order valence-electron chi connectivity index (χ1n) is 15.8. The lowest BCUT2D eigenvalue weighted by Gasteiger charge is -2.27. The Labute approximate surface area is 245 Å². The molecule has 2 fully saturated rings. The van der Waals surface area contributed by atoms with Crippen LogP contribution in [-0.2, 0) is 10.8 Å². The van der Waals surface area contributed by atoms with Gasteiger partial charge in [0.05, 0.1) is 0 Å². The number of hydrogen-bond donors (Lipinski definition) is 0. The largest absolute Gasteiger partial charge is 0.0952 e. The van der Waals surface area contributed by atoms with Gasteiger partial charge >= 0.3 is 0 Å². The normalized spacial score (nSPS) is 21.1. The van der Waals surface area contributed by atoms with Gasteiger partial charge in [-0.25, -0.2) is 0 Å². The van der Waals surface area contributed by atoms with Crippen molar-refractivity contribution >= 4 is 11.1 Å². The molecule has 0 heterocycles. The minimum absolute atomic E-state index is 0.109. The van der Waals surface area contributed by atoms with E-state index in [1.54, 1.807) is 11.1 Å². The molecule has 0 aromatic heterocycles. The Morgan fingerprint density at radius 1 is 0.800 bits per heavy atom. The predicted molar refractivity (Wildman–Crippen MR) is 176 cm³/mol. The zero-order valence-corrected chi connectivity index (χ0v) is 26.5. The van der Waals surface area contributed by atoms with Crippen LogP contribution >= 0.6 is 0 Å². The van der Waals surface area contributed by atoms with Gasteiger partial charge in [0.2, 0.25) is 0 Å². The Bertz CT molecular complexity index is 1300. The van der Waals surface area contributed by atoms with E-state index in [9.17, 15) is 0 Å². The summed E-state index contributed by atoms with van der Waals surface area (Å²) in [4.78, 5) is 0. The van der Waals surface area contributed by atoms with E-state index in [2.05, 4.69) is 123 Å². The highest BCUT2D eigenvalue weighted by Gasteiger charge is 2.33. The second-order valence-electron chi connectivity index (χ2n) is 15.3. The molecule has 212 valence electrons. The molecule has 2 unspecified atom stereocenters. The van der Waals surface area contributed by atoms with Crippen LogP contribution in [0.4, 0.5) is 0 Å². The van der Waals surface area contributed by atoms with E-state index >= 15 is 0 Å². The van der Waals surface area contributed by atoms with Gasteiger partial charge in [-0.2, -0.15) is 0 Å². The Morgan fingerprint density at radius 3 is 1.88 bits per heavy atom. The fourth-order valence-corrected chi connectivity index (χ4v) is 6.38. The van der Waals surface area contributed by atoms with Gasteiger partial charge in [-0.3, -0.25) is 0 Å². The summed E-state index contributed by atoms with van der Waals surface area (Å²) in [5.74, 6) is 3.01. The van der Waals surface area contributed by atoms with Crippen LogP contribution in [0.5, 0.6) is 0 Å². The highest BCUT2D eigenvalue weighted by atomic mass is 14.4. The molecule has 0 heteroatoms. The number of rotatable bonds is 9. The van der Waals surface area contributed by atoms with Crippen molar-refractivity contribution in [1.82, 2.24) is 0 Å². The summed E-state index contributed by atoms with van der Waals surface area (Å²) in [6.07, 6.45) is 11.5. The summed E-state index contributed by atoms with van der Waals surface area (Å²) in [7, 11) is 0. The summed E-state index contributed by atoms with van der Waals surface area (Å²) in [6.45, 7) is 27.8. The lowest BCUT2D eigenvalue weighted by Crippen LogP contribution is -2.17. The highest BCUT2D eigenvalue weighted by molar-refractivity contribution is 5.68. The zero-order chi connectivity index (χ0) is 29.0. The van der Waals surface area contributed by atoms with Crippen LogP contribution in [0.25, 0.3) is 11.1 Å². The molecule has 2 aromatic carbocycles. The van der Waals surface area contributed by atoms with E-state index in [0.29, 0.717) is 17.8 Å². The highest BCUT2D eigenvalue weighted by Crippen LogP contribution is 2.48. The van der Waals surface area contributed by atoms with Crippen molar-refractivity contribution in [3.8, 4) is 0 Å². The lowest BCUT2D eigenvalue weighted by molar-refractivity contribution is 0.568. The molecule has 0 bridgehead atoms. The van der Waals surface area contributed by atoms with Crippen molar-refractivity contribution < 1.29 is 0 Å². The van der Waals surface area contributed by atoms with E-state index < -0.39 is 0 Å². The summed E-state index contributed by atoms with van der Waals surface area (Å²) in [6, 6.07) is 16.6.